The third-order valence-corrected chi connectivity index (χ3v) is 10.2. The number of benzene rings is 2. The molecule has 5 rings (SSSR count). The van der Waals surface area contributed by atoms with Crippen molar-refractivity contribution in [1.29, 1.82) is 0 Å². The second-order valence-corrected chi connectivity index (χ2v) is 14.7. The Balaban J connectivity index is 1.26. The molecule has 1 aliphatic heterocycles. The molecule has 2 atom stereocenters. The van der Waals surface area contributed by atoms with Gasteiger partial charge in [0.25, 0.3) is 0 Å². The molecule has 0 bridgehead atoms. The summed E-state index contributed by atoms with van der Waals surface area (Å²) in [7, 11) is -3.83. The van der Waals surface area contributed by atoms with Gasteiger partial charge in [-0.25, -0.2) is 8.42 Å². The molecule has 3 aromatic rings. The summed E-state index contributed by atoms with van der Waals surface area (Å²) in [5.74, 6) is 0.105. The number of sulfonamides is 1. The van der Waals surface area contributed by atoms with Crippen LogP contribution in [0, 0.1) is 5.41 Å². The van der Waals surface area contributed by atoms with Crippen molar-refractivity contribution in [2.45, 2.75) is 82.4 Å². The quantitative estimate of drug-likeness (QED) is 0.334. The molecule has 1 aliphatic carbocycles. The first-order valence-corrected chi connectivity index (χ1v) is 16.4. The summed E-state index contributed by atoms with van der Waals surface area (Å²) in [4.78, 5) is 13.6. The van der Waals surface area contributed by atoms with Crippen LogP contribution in [-0.4, -0.2) is 42.3 Å². The van der Waals surface area contributed by atoms with Crippen molar-refractivity contribution in [3.05, 3.63) is 88.7 Å². The van der Waals surface area contributed by atoms with Gasteiger partial charge in [-0.1, -0.05) is 51.1 Å². The molecule has 1 amide bonds. The van der Waals surface area contributed by atoms with E-state index in [9.17, 15) is 13.2 Å². The average Bonchev–Trinajstić information content (AvgIpc) is 3.42. The zero-order valence-electron chi connectivity index (χ0n) is 24.2. The van der Waals surface area contributed by atoms with Crippen LogP contribution in [0.15, 0.2) is 65.7 Å². The first-order chi connectivity index (χ1) is 19.5. The van der Waals surface area contributed by atoms with Gasteiger partial charge in [-0.15, -0.1) is 11.6 Å². The van der Waals surface area contributed by atoms with Crippen LogP contribution in [0.4, 0.5) is 0 Å². The van der Waals surface area contributed by atoms with E-state index < -0.39 is 16.1 Å². The van der Waals surface area contributed by atoms with Crippen LogP contribution >= 0.6 is 11.6 Å². The fourth-order valence-electron chi connectivity index (χ4n) is 5.95. The summed E-state index contributed by atoms with van der Waals surface area (Å²) in [6.07, 6.45) is 4.58. The van der Waals surface area contributed by atoms with E-state index in [1.54, 1.807) is 18.2 Å². The second kappa shape index (κ2) is 12.3. The van der Waals surface area contributed by atoms with E-state index in [-0.39, 0.29) is 34.6 Å². The molecule has 1 aromatic heterocycles. The van der Waals surface area contributed by atoms with Crippen molar-refractivity contribution < 1.29 is 13.2 Å². The van der Waals surface area contributed by atoms with Crippen LogP contribution in [0.5, 0.6) is 0 Å². The molecule has 2 aliphatic rings. The van der Waals surface area contributed by atoms with Gasteiger partial charge in [0.1, 0.15) is 0 Å². The lowest BCUT2D eigenvalue weighted by Crippen LogP contribution is -2.45. The highest BCUT2D eigenvalue weighted by Crippen LogP contribution is 2.34. The molecular weight excluding hydrogens is 556 g/mol. The third-order valence-electron chi connectivity index (χ3n) is 8.00. The summed E-state index contributed by atoms with van der Waals surface area (Å²) >= 11 is 5.98. The monoisotopic (exact) mass is 596 g/mol. The number of hydrogen-bond acceptors (Lipinski definition) is 4. The van der Waals surface area contributed by atoms with E-state index in [4.69, 9.17) is 11.6 Å². The number of nitrogens with one attached hydrogen (secondary N) is 2. The standard InChI is InChI=1S/C32H41ClN4O3S/c1-32(2,3)22-34-21-24-9-10-26-18-27(12-11-25(26)16-24)35-31(38)19-30-29-8-5-13-36(29)14-15-37(30)41(39,40)28-7-4-6-23(17-28)20-33/h4-10,13,16-17,27,30,34H,11-12,14-15,18-22H2,1-3H3,(H,35,38). The number of carbonyl (C=O) groups excluding carboxylic acids is 1. The molecule has 2 aromatic carbocycles. The minimum atomic E-state index is -3.83. The van der Waals surface area contributed by atoms with Crippen LogP contribution in [0.3, 0.4) is 0 Å². The first-order valence-electron chi connectivity index (χ1n) is 14.5. The van der Waals surface area contributed by atoms with Gasteiger partial charge in [0.05, 0.1) is 10.9 Å². The maximum atomic E-state index is 13.8. The highest BCUT2D eigenvalue weighted by molar-refractivity contribution is 7.89. The molecule has 0 saturated heterocycles. The molecular formula is C32H41ClN4O3S. The Labute approximate surface area is 249 Å². The van der Waals surface area contributed by atoms with Crippen molar-refractivity contribution in [2.24, 2.45) is 5.41 Å². The number of aromatic nitrogens is 1. The van der Waals surface area contributed by atoms with E-state index in [2.05, 4.69) is 49.6 Å². The second-order valence-electron chi connectivity index (χ2n) is 12.5. The molecule has 220 valence electrons. The molecule has 0 fully saturated rings. The number of nitrogens with zero attached hydrogens (tertiary/aromatic N) is 2. The number of halogens is 1. The molecule has 9 heteroatoms. The Morgan fingerprint density at radius 2 is 1.85 bits per heavy atom. The molecule has 2 heterocycles. The van der Waals surface area contributed by atoms with Crippen molar-refractivity contribution in [1.82, 2.24) is 19.5 Å². The predicted molar refractivity (Wildman–Crippen MR) is 163 cm³/mol. The van der Waals surface area contributed by atoms with Crippen LogP contribution in [0.25, 0.3) is 0 Å². The van der Waals surface area contributed by atoms with Gasteiger partial charge in [-0.3, -0.25) is 4.79 Å². The maximum absolute atomic E-state index is 13.8. The summed E-state index contributed by atoms with van der Waals surface area (Å²) in [6.45, 7) is 9.34. The van der Waals surface area contributed by atoms with Crippen molar-refractivity contribution >= 4 is 27.5 Å². The number of rotatable bonds is 9. The van der Waals surface area contributed by atoms with E-state index in [1.807, 2.05) is 29.0 Å². The lowest BCUT2D eigenvalue weighted by atomic mass is 9.87. The molecule has 0 saturated carbocycles. The average molecular weight is 597 g/mol. The number of alkyl halides is 1. The van der Waals surface area contributed by atoms with Gasteiger partial charge in [0.2, 0.25) is 15.9 Å². The Kier molecular flexibility index (Phi) is 8.95. The fraction of sp³-hybridized carbons (Fsp3) is 0.469. The van der Waals surface area contributed by atoms with Gasteiger partial charge in [-0.05, 0) is 71.2 Å². The lowest BCUT2D eigenvalue weighted by molar-refractivity contribution is -0.123. The third kappa shape index (κ3) is 7.05. The smallest absolute Gasteiger partial charge is 0.243 e. The normalized spacial score (nSPS) is 19.4. The van der Waals surface area contributed by atoms with Gasteiger partial charge in [-0.2, -0.15) is 4.31 Å². The van der Waals surface area contributed by atoms with Crippen LogP contribution < -0.4 is 10.6 Å². The van der Waals surface area contributed by atoms with Crippen molar-refractivity contribution in [2.75, 3.05) is 13.1 Å². The van der Waals surface area contributed by atoms with Crippen LogP contribution in [0.2, 0.25) is 0 Å². The summed E-state index contributed by atoms with van der Waals surface area (Å²) < 4.78 is 31.1. The van der Waals surface area contributed by atoms with Crippen LogP contribution in [0.1, 0.15) is 67.6 Å². The molecule has 7 nitrogen and oxygen atoms in total. The summed E-state index contributed by atoms with van der Waals surface area (Å²) in [5, 5.41) is 6.77. The topological polar surface area (TPSA) is 83.4 Å². The number of aryl methyl sites for hydroxylation is 1. The van der Waals surface area contributed by atoms with E-state index in [1.165, 1.54) is 21.0 Å². The Morgan fingerprint density at radius 3 is 2.63 bits per heavy atom. The summed E-state index contributed by atoms with van der Waals surface area (Å²) in [6, 6.07) is 16.7. The van der Waals surface area contributed by atoms with Gasteiger partial charge >= 0.3 is 0 Å². The molecule has 0 spiro atoms. The van der Waals surface area contributed by atoms with Gasteiger partial charge < -0.3 is 15.2 Å². The minimum absolute atomic E-state index is 0.0284. The lowest BCUT2D eigenvalue weighted by Gasteiger charge is -2.36. The van der Waals surface area contributed by atoms with Crippen LogP contribution in [-0.2, 0) is 46.6 Å². The largest absolute Gasteiger partial charge is 0.353 e. The van der Waals surface area contributed by atoms with E-state index in [0.717, 1.165) is 43.6 Å². The minimum Gasteiger partial charge on any atom is -0.353 e. The summed E-state index contributed by atoms with van der Waals surface area (Å²) in [5.41, 5.74) is 5.74. The van der Waals surface area contributed by atoms with E-state index in [0.29, 0.717) is 13.1 Å². The van der Waals surface area contributed by atoms with Gasteiger partial charge in [0, 0.05) is 56.4 Å². The fourth-order valence-corrected chi connectivity index (χ4v) is 7.77. The Hall–Kier alpha value is -2.65. The molecule has 2 N–H and O–H groups in total. The first kappa shape index (κ1) is 29.8. The van der Waals surface area contributed by atoms with Crippen molar-refractivity contribution in [3.63, 3.8) is 0 Å². The number of carbonyl (C=O) groups is 1. The van der Waals surface area contributed by atoms with Gasteiger partial charge in [0.15, 0.2) is 0 Å². The van der Waals surface area contributed by atoms with Crippen molar-refractivity contribution in [3.8, 4) is 0 Å². The predicted octanol–water partition coefficient (Wildman–Crippen LogP) is 5.17. The highest BCUT2D eigenvalue weighted by atomic mass is 35.5. The number of fused-ring (bicyclic) bond motifs is 2. The highest BCUT2D eigenvalue weighted by Gasteiger charge is 2.38. The maximum Gasteiger partial charge on any atom is 0.243 e. The zero-order chi connectivity index (χ0) is 29.2. The number of hydrogen-bond donors (Lipinski definition) is 2. The Morgan fingerprint density at radius 1 is 1.02 bits per heavy atom. The molecule has 41 heavy (non-hydrogen) atoms. The number of amides is 1. The molecule has 2 unspecified atom stereocenters. The Bertz CT molecular complexity index is 1490. The van der Waals surface area contributed by atoms with E-state index >= 15 is 0 Å². The molecule has 0 radical (unpaired) electrons. The zero-order valence-corrected chi connectivity index (χ0v) is 25.8. The SMILES string of the molecule is CC(C)(C)CNCc1ccc2c(c1)CCC(NC(=O)CC1c3cccn3CCN1S(=O)(=O)c1cccc(CCl)c1)C2.